The molecule has 0 saturated carbocycles. The second-order valence-electron chi connectivity index (χ2n) is 5.03. The number of carboxylic acids is 1. The van der Waals surface area contributed by atoms with Crippen LogP contribution < -0.4 is 5.32 Å². The van der Waals surface area contributed by atoms with Crippen LogP contribution in [-0.2, 0) is 17.9 Å². The molecule has 1 aromatic heterocycles. The van der Waals surface area contributed by atoms with Gasteiger partial charge in [-0.3, -0.25) is 9.48 Å². The Balaban J connectivity index is 3.01. The number of carboxylic acid groups (broad SMARTS) is 1. The molecule has 96 valence electrons. The van der Waals surface area contributed by atoms with E-state index in [1.165, 1.54) is 0 Å². The molecule has 1 aromatic rings. The van der Waals surface area contributed by atoms with E-state index in [-0.39, 0.29) is 0 Å². The predicted molar refractivity (Wildman–Crippen MR) is 65.9 cm³/mol. The van der Waals surface area contributed by atoms with Crippen LogP contribution in [0.15, 0.2) is 0 Å². The SMILES string of the molecule is CNCc1c(C)nn(CC(C)(C)C(=O)O)c1C. The lowest BCUT2D eigenvalue weighted by Crippen LogP contribution is -2.30. The number of nitrogens with one attached hydrogen (secondary N) is 1. The number of hydrogen-bond donors (Lipinski definition) is 2. The molecule has 0 unspecified atom stereocenters. The Bertz CT molecular complexity index is 422. The first-order chi connectivity index (χ1) is 7.79. The number of aryl methyl sites for hydroxylation is 1. The number of rotatable bonds is 5. The van der Waals surface area contributed by atoms with Crippen LogP contribution in [0.25, 0.3) is 0 Å². The third-order valence-corrected chi connectivity index (χ3v) is 3.01. The maximum absolute atomic E-state index is 11.1. The summed E-state index contributed by atoms with van der Waals surface area (Å²) in [7, 11) is 1.89. The van der Waals surface area contributed by atoms with E-state index < -0.39 is 11.4 Å². The number of nitrogens with zero attached hydrogens (tertiary/aromatic N) is 2. The van der Waals surface area contributed by atoms with Crippen molar-refractivity contribution < 1.29 is 9.90 Å². The molecule has 0 bridgehead atoms. The molecule has 0 aliphatic rings. The molecule has 17 heavy (non-hydrogen) atoms. The van der Waals surface area contributed by atoms with Crippen molar-refractivity contribution in [1.29, 1.82) is 0 Å². The molecule has 0 fully saturated rings. The van der Waals surface area contributed by atoms with Gasteiger partial charge in [0.2, 0.25) is 0 Å². The van der Waals surface area contributed by atoms with Crippen molar-refractivity contribution in [3.8, 4) is 0 Å². The normalized spacial score (nSPS) is 11.8. The van der Waals surface area contributed by atoms with E-state index in [1.54, 1.807) is 18.5 Å². The third kappa shape index (κ3) is 2.85. The van der Waals surface area contributed by atoms with Crippen molar-refractivity contribution in [3.63, 3.8) is 0 Å². The zero-order chi connectivity index (χ0) is 13.2. The second kappa shape index (κ2) is 4.87. The smallest absolute Gasteiger partial charge is 0.310 e. The lowest BCUT2D eigenvalue weighted by Gasteiger charge is -2.19. The first kappa shape index (κ1) is 13.7. The molecule has 0 aliphatic carbocycles. The summed E-state index contributed by atoms with van der Waals surface area (Å²) in [6, 6.07) is 0. The number of carbonyl (C=O) groups is 1. The van der Waals surface area contributed by atoms with Crippen LogP contribution in [0, 0.1) is 19.3 Å². The van der Waals surface area contributed by atoms with E-state index in [0.717, 1.165) is 23.5 Å². The van der Waals surface area contributed by atoms with Crippen molar-refractivity contribution in [3.05, 3.63) is 17.0 Å². The highest BCUT2D eigenvalue weighted by Crippen LogP contribution is 2.21. The van der Waals surface area contributed by atoms with Gasteiger partial charge in [-0.05, 0) is 34.7 Å². The van der Waals surface area contributed by atoms with Gasteiger partial charge in [-0.25, -0.2) is 0 Å². The predicted octanol–water partition coefficient (Wildman–Crippen LogP) is 1.33. The Morgan fingerprint density at radius 1 is 1.47 bits per heavy atom. The Morgan fingerprint density at radius 3 is 2.53 bits per heavy atom. The van der Waals surface area contributed by atoms with Crippen molar-refractivity contribution in [2.45, 2.75) is 40.8 Å². The summed E-state index contributed by atoms with van der Waals surface area (Å²) >= 11 is 0. The zero-order valence-corrected chi connectivity index (χ0v) is 11.2. The zero-order valence-electron chi connectivity index (χ0n) is 11.2. The van der Waals surface area contributed by atoms with Crippen molar-refractivity contribution in [1.82, 2.24) is 15.1 Å². The summed E-state index contributed by atoms with van der Waals surface area (Å²) < 4.78 is 1.79. The van der Waals surface area contributed by atoms with Gasteiger partial charge in [0.25, 0.3) is 0 Å². The highest BCUT2D eigenvalue weighted by atomic mass is 16.4. The molecule has 5 nitrogen and oxygen atoms in total. The molecular formula is C12H21N3O2. The second-order valence-corrected chi connectivity index (χ2v) is 5.03. The number of aromatic nitrogens is 2. The van der Waals surface area contributed by atoms with Crippen LogP contribution in [0.3, 0.4) is 0 Å². The van der Waals surface area contributed by atoms with Crippen molar-refractivity contribution in [2.24, 2.45) is 5.41 Å². The van der Waals surface area contributed by atoms with Crippen LogP contribution in [0.2, 0.25) is 0 Å². The third-order valence-electron chi connectivity index (χ3n) is 3.01. The van der Waals surface area contributed by atoms with Crippen LogP contribution in [0.5, 0.6) is 0 Å². The van der Waals surface area contributed by atoms with E-state index >= 15 is 0 Å². The van der Waals surface area contributed by atoms with E-state index in [9.17, 15) is 4.79 Å². The molecule has 0 aliphatic heterocycles. The quantitative estimate of drug-likeness (QED) is 0.813. The molecule has 5 heteroatoms. The largest absolute Gasteiger partial charge is 0.481 e. The van der Waals surface area contributed by atoms with Gasteiger partial charge in [-0.1, -0.05) is 0 Å². The molecule has 0 amide bonds. The van der Waals surface area contributed by atoms with Gasteiger partial charge in [-0.15, -0.1) is 0 Å². The molecular weight excluding hydrogens is 218 g/mol. The standard InChI is InChI=1S/C12H21N3O2/c1-8-10(6-13-5)9(2)15(14-8)7-12(3,4)11(16)17/h13H,6-7H2,1-5H3,(H,16,17). The van der Waals surface area contributed by atoms with Crippen LogP contribution >= 0.6 is 0 Å². The maximum Gasteiger partial charge on any atom is 0.310 e. The van der Waals surface area contributed by atoms with Gasteiger partial charge in [0, 0.05) is 17.8 Å². The lowest BCUT2D eigenvalue weighted by atomic mass is 9.94. The van der Waals surface area contributed by atoms with Gasteiger partial charge in [0.05, 0.1) is 17.7 Å². The number of aliphatic carboxylic acids is 1. The summed E-state index contributed by atoms with van der Waals surface area (Å²) in [5.41, 5.74) is 2.33. The van der Waals surface area contributed by atoms with Gasteiger partial charge < -0.3 is 10.4 Å². The van der Waals surface area contributed by atoms with Gasteiger partial charge in [0.1, 0.15) is 0 Å². The molecule has 1 heterocycles. The van der Waals surface area contributed by atoms with Crippen LogP contribution in [0.1, 0.15) is 30.8 Å². The molecule has 0 saturated heterocycles. The van der Waals surface area contributed by atoms with Gasteiger partial charge in [-0.2, -0.15) is 5.10 Å². The fourth-order valence-electron chi connectivity index (χ4n) is 1.76. The molecule has 0 aromatic carbocycles. The Kier molecular flexibility index (Phi) is 3.93. The Hall–Kier alpha value is -1.36. The van der Waals surface area contributed by atoms with Gasteiger partial charge >= 0.3 is 5.97 Å². The summed E-state index contributed by atoms with van der Waals surface area (Å²) in [6.45, 7) is 8.49. The summed E-state index contributed by atoms with van der Waals surface area (Å²) in [5, 5.41) is 16.6. The average molecular weight is 239 g/mol. The van der Waals surface area contributed by atoms with E-state index in [1.807, 2.05) is 20.9 Å². The summed E-state index contributed by atoms with van der Waals surface area (Å²) in [6.07, 6.45) is 0. The molecule has 2 N–H and O–H groups in total. The fraction of sp³-hybridized carbons (Fsp3) is 0.667. The Morgan fingerprint density at radius 2 is 2.06 bits per heavy atom. The highest BCUT2D eigenvalue weighted by Gasteiger charge is 2.29. The topological polar surface area (TPSA) is 67.2 Å². The van der Waals surface area contributed by atoms with Gasteiger partial charge in [0.15, 0.2) is 0 Å². The lowest BCUT2D eigenvalue weighted by molar-refractivity contribution is -0.147. The summed E-state index contributed by atoms with van der Waals surface area (Å²) in [4.78, 5) is 11.1. The van der Waals surface area contributed by atoms with E-state index in [0.29, 0.717) is 6.54 Å². The first-order valence-corrected chi connectivity index (χ1v) is 5.70. The monoisotopic (exact) mass is 239 g/mol. The highest BCUT2D eigenvalue weighted by molar-refractivity contribution is 5.73. The summed E-state index contributed by atoms with van der Waals surface area (Å²) in [5.74, 6) is -0.805. The first-order valence-electron chi connectivity index (χ1n) is 5.70. The molecule has 0 spiro atoms. The van der Waals surface area contributed by atoms with Crippen molar-refractivity contribution in [2.75, 3.05) is 7.05 Å². The Labute approximate surface area is 102 Å². The molecule has 0 radical (unpaired) electrons. The van der Waals surface area contributed by atoms with E-state index in [2.05, 4.69) is 10.4 Å². The minimum atomic E-state index is -0.805. The average Bonchev–Trinajstić information content (AvgIpc) is 2.45. The molecule has 0 atom stereocenters. The number of hydrogen-bond acceptors (Lipinski definition) is 3. The van der Waals surface area contributed by atoms with Crippen molar-refractivity contribution >= 4 is 5.97 Å². The van der Waals surface area contributed by atoms with Crippen LogP contribution in [-0.4, -0.2) is 27.9 Å². The minimum absolute atomic E-state index is 0.388. The maximum atomic E-state index is 11.1. The minimum Gasteiger partial charge on any atom is -0.481 e. The van der Waals surface area contributed by atoms with Crippen LogP contribution in [0.4, 0.5) is 0 Å². The fourth-order valence-corrected chi connectivity index (χ4v) is 1.76. The van der Waals surface area contributed by atoms with E-state index in [4.69, 9.17) is 5.11 Å². The molecule has 1 rings (SSSR count).